The number of aryl methyl sites for hydroxylation is 1. The molecule has 1 aliphatic carbocycles. The van der Waals surface area contributed by atoms with Gasteiger partial charge in [-0.2, -0.15) is 15.2 Å². The summed E-state index contributed by atoms with van der Waals surface area (Å²) < 4.78 is 3.78. The molecule has 7 nitrogen and oxygen atoms in total. The molecule has 0 unspecified atom stereocenters. The Morgan fingerprint density at radius 3 is 2.71 bits per heavy atom. The van der Waals surface area contributed by atoms with Crippen molar-refractivity contribution in [3.05, 3.63) is 24.8 Å². The molecule has 7 heteroatoms. The first-order valence-electron chi connectivity index (χ1n) is 8.61. The minimum atomic E-state index is 0.578. The Labute approximate surface area is 141 Å². The summed E-state index contributed by atoms with van der Waals surface area (Å²) in [5, 5.41) is 12.9. The molecule has 0 atom stereocenters. The van der Waals surface area contributed by atoms with E-state index in [1.54, 1.807) is 10.9 Å². The van der Waals surface area contributed by atoms with Crippen molar-refractivity contribution in [3.8, 4) is 0 Å². The van der Waals surface area contributed by atoms with Gasteiger partial charge in [-0.3, -0.25) is 4.68 Å². The molecule has 0 spiro atoms. The number of nitrogens with one attached hydrogen (secondary N) is 1. The van der Waals surface area contributed by atoms with Crippen LogP contribution in [-0.2, 0) is 13.6 Å². The van der Waals surface area contributed by atoms with Crippen LogP contribution in [0.25, 0.3) is 11.0 Å². The Bertz CT molecular complexity index is 826. The minimum absolute atomic E-state index is 0.578. The average Bonchev–Trinajstić information content (AvgIpc) is 3.16. The van der Waals surface area contributed by atoms with E-state index in [0.717, 1.165) is 29.2 Å². The topological polar surface area (TPSA) is 73.5 Å². The summed E-state index contributed by atoms with van der Waals surface area (Å²) in [4.78, 5) is 9.03. The van der Waals surface area contributed by atoms with Crippen molar-refractivity contribution >= 4 is 22.7 Å². The van der Waals surface area contributed by atoms with Crippen LogP contribution < -0.4 is 5.32 Å². The van der Waals surface area contributed by atoms with Crippen molar-refractivity contribution in [1.29, 1.82) is 0 Å². The van der Waals surface area contributed by atoms with Crippen LogP contribution in [0.1, 0.15) is 32.6 Å². The lowest BCUT2D eigenvalue weighted by Crippen LogP contribution is -2.18. The van der Waals surface area contributed by atoms with Gasteiger partial charge in [0.2, 0.25) is 5.95 Å². The summed E-state index contributed by atoms with van der Waals surface area (Å²) in [7, 11) is 1.88. The molecule has 24 heavy (non-hydrogen) atoms. The lowest BCUT2D eigenvalue weighted by molar-refractivity contribution is 0.260. The lowest BCUT2D eigenvalue weighted by atomic mass is 9.83. The van der Waals surface area contributed by atoms with Crippen LogP contribution in [0.15, 0.2) is 24.8 Å². The standard InChI is InChI=1S/C17H23N7/c1-12-3-5-13(6-4-12)10-24-16-14(8-20-24)7-18-17(22-16)21-15-9-19-23(2)11-15/h7-9,11-13H,3-6,10H2,1-2H3,(H,18,21,22)/t12-,13-. The maximum atomic E-state index is 4.66. The van der Waals surface area contributed by atoms with Crippen molar-refractivity contribution in [2.45, 2.75) is 39.2 Å². The fourth-order valence-corrected chi connectivity index (χ4v) is 3.43. The van der Waals surface area contributed by atoms with Crippen LogP contribution in [0.2, 0.25) is 0 Å². The van der Waals surface area contributed by atoms with Crippen molar-refractivity contribution in [2.24, 2.45) is 18.9 Å². The van der Waals surface area contributed by atoms with Crippen LogP contribution >= 0.6 is 0 Å². The molecule has 0 aromatic carbocycles. The number of hydrogen-bond donors (Lipinski definition) is 1. The van der Waals surface area contributed by atoms with E-state index in [-0.39, 0.29) is 0 Å². The molecule has 3 aromatic heterocycles. The third kappa shape index (κ3) is 3.11. The maximum absolute atomic E-state index is 4.66. The zero-order valence-corrected chi connectivity index (χ0v) is 14.2. The van der Waals surface area contributed by atoms with Crippen LogP contribution in [0.3, 0.4) is 0 Å². The SMILES string of the molecule is Cn1cc(Nc2ncc3cnn(C[C@H]4CC[C@H](C)CC4)c3n2)cn1. The molecular weight excluding hydrogens is 302 g/mol. The summed E-state index contributed by atoms with van der Waals surface area (Å²) in [5.41, 5.74) is 1.78. The van der Waals surface area contributed by atoms with Gasteiger partial charge < -0.3 is 5.32 Å². The highest BCUT2D eigenvalue weighted by molar-refractivity contribution is 5.75. The molecule has 4 rings (SSSR count). The van der Waals surface area contributed by atoms with Crippen LogP contribution in [-0.4, -0.2) is 29.5 Å². The lowest BCUT2D eigenvalue weighted by Gasteiger charge is -2.26. The third-order valence-corrected chi connectivity index (χ3v) is 4.90. The second kappa shape index (κ2) is 6.22. The van der Waals surface area contributed by atoms with Gasteiger partial charge in [0, 0.05) is 26.0 Å². The monoisotopic (exact) mass is 325 g/mol. The van der Waals surface area contributed by atoms with E-state index in [9.17, 15) is 0 Å². The quantitative estimate of drug-likeness (QED) is 0.798. The summed E-state index contributed by atoms with van der Waals surface area (Å²) >= 11 is 0. The highest BCUT2D eigenvalue weighted by Gasteiger charge is 2.20. The van der Waals surface area contributed by atoms with Gasteiger partial charge in [0.25, 0.3) is 0 Å². The Balaban J connectivity index is 1.54. The first kappa shape index (κ1) is 15.1. The fraction of sp³-hybridized carbons (Fsp3) is 0.529. The van der Waals surface area contributed by atoms with Crippen LogP contribution in [0, 0.1) is 11.8 Å². The second-order valence-corrected chi connectivity index (χ2v) is 6.95. The molecule has 0 radical (unpaired) electrons. The molecule has 0 bridgehead atoms. The largest absolute Gasteiger partial charge is 0.321 e. The number of rotatable bonds is 4. The van der Waals surface area contributed by atoms with Crippen molar-refractivity contribution in [1.82, 2.24) is 29.5 Å². The number of hydrogen-bond acceptors (Lipinski definition) is 5. The van der Waals surface area contributed by atoms with Crippen LogP contribution in [0.4, 0.5) is 11.6 Å². The van der Waals surface area contributed by atoms with Gasteiger partial charge in [-0.25, -0.2) is 9.67 Å². The van der Waals surface area contributed by atoms with E-state index in [0.29, 0.717) is 11.9 Å². The van der Waals surface area contributed by atoms with E-state index in [1.165, 1.54) is 25.7 Å². The predicted octanol–water partition coefficient (Wildman–Crippen LogP) is 3.13. The molecule has 1 fully saturated rings. The van der Waals surface area contributed by atoms with Gasteiger partial charge in [-0.15, -0.1) is 0 Å². The Morgan fingerprint density at radius 2 is 1.96 bits per heavy atom. The molecule has 1 aliphatic rings. The van der Waals surface area contributed by atoms with E-state index >= 15 is 0 Å². The smallest absolute Gasteiger partial charge is 0.229 e. The highest BCUT2D eigenvalue weighted by Crippen LogP contribution is 2.29. The van der Waals surface area contributed by atoms with Crippen molar-refractivity contribution < 1.29 is 0 Å². The van der Waals surface area contributed by atoms with Gasteiger partial charge in [0.15, 0.2) is 5.65 Å². The third-order valence-electron chi connectivity index (χ3n) is 4.90. The van der Waals surface area contributed by atoms with E-state index in [2.05, 4.69) is 32.4 Å². The molecule has 1 saturated carbocycles. The van der Waals surface area contributed by atoms with Gasteiger partial charge >= 0.3 is 0 Å². The average molecular weight is 325 g/mol. The second-order valence-electron chi connectivity index (χ2n) is 6.95. The number of aromatic nitrogens is 6. The van der Waals surface area contributed by atoms with Crippen LogP contribution in [0.5, 0.6) is 0 Å². The number of anilines is 2. The zero-order valence-electron chi connectivity index (χ0n) is 14.2. The molecular formula is C17H23N7. The normalized spacial score (nSPS) is 21.2. The Hall–Kier alpha value is -2.44. The Kier molecular flexibility index (Phi) is 3.92. The first-order valence-corrected chi connectivity index (χ1v) is 8.61. The predicted molar refractivity (Wildman–Crippen MR) is 92.9 cm³/mol. The van der Waals surface area contributed by atoms with Gasteiger partial charge in [0.05, 0.1) is 23.5 Å². The maximum Gasteiger partial charge on any atom is 0.229 e. The minimum Gasteiger partial charge on any atom is -0.321 e. The zero-order chi connectivity index (χ0) is 16.5. The van der Waals surface area contributed by atoms with Gasteiger partial charge in [0.1, 0.15) is 0 Å². The highest BCUT2D eigenvalue weighted by atomic mass is 15.3. The molecule has 3 heterocycles. The molecule has 0 amide bonds. The van der Waals surface area contributed by atoms with Gasteiger partial charge in [-0.05, 0) is 24.7 Å². The fourth-order valence-electron chi connectivity index (χ4n) is 3.43. The summed E-state index contributed by atoms with van der Waals surface area (Å²) in [6.07, 6.45) is 12.6. The van der Waals surface area contributed by atoms with E-state index < -0.39 is 0 Å². The molecule has 0 saturated heterocycles. The summed E-state index contributed by atoms with van der Waals surface area (Å²) in [6.45, 7) is 3.29. The number of nitrogens with zero attached hydrogens (tertiary/aromatic N) is 6. The van der Waals surface area contributed by atoms with Crippen molar-refractivity contribution in [2.75, 3.05) is 5.32 Å². The molecule has 0 aliphatic heterocycles. The van der Waals surface area contributed by atoms with Crippen molar-refractivity contribution in [3.63, 3.8) is 0 Å². The summed E-state index contributed by atoms with van der Waals surface area (Å²) in [5.74, 6) is 2.15. The number of fused-ring (bicyclic) bond motifs is 1. The molecule has 1 N–H and O–H groups in total. The van der Waals surface area contributed by atoms with E-state index in [4.69, 9.17) is 0 Å². The molecule has 126 valence electrons. The first-order chi connectivity index (χ1) is 11.7. The van der Waals surface area contributed by atoms with E-state index in [1.807, 2.05) is 30.3 Å². The molecule has 3 aromatic rings. The van der Waals surface area contributed by atoms with Gasteiger partial charge in [-0.1, -0.05) is 19.8 Å². The Morgan fingerprint density at radius 1 is 1.12 bits per heavy atom. The summed E-state index contributed by atoms with van der Waals surface area (Å²) in [6, 6.07) is 0.